The number of carbonyl (C=O) groups is 2. The van der Waals surface area contributed by atoms with E-state index in [1.807, 2.05) is 0 Å². The number of rotatable bonds is 2. The molecule has 0 aromatic heterocycles. The van der Waals surface area contributed by atoms with Crippen LogP contribution >= 0.6 is 0 Å². The fourth-order valence-corrected chi connectivity index (χ4v) is 4.15. The molecule has 2 N–H and O–H groups in total. The van der Waals surface area contributed by atoms with E-state index < -0.39 is 49.9 Å². The van der Waals surface area contributed by atoms with Gasteiger partial charge in [-0.15, -0.1) is 0 Å². The number of sulfonamides is 1. The second-order valence-corrected chi connectivity index (χ2v) is 10.0. The van der Waals surface area contributed by atoms with Crippen LogP contribution < -0.4 is 5.14 Å². The Labute approximate surface area is 167 Å². The van der Waals surface area contributed by atoms with Crippen molar-refractivity contribution in [1.29, 1.82) is 0 Å². The van der Waals surface area contributed by atoms with Crippen LogP contribution in [-0.4, -0.2) is 67.7 Å². The molecule has 2 saturated heterocycles. The predicted molar refractivity (Wildman–Crippen MR) is 98.8 cm³/mol. The summed E-state index contributed by atoms with van der Waals surface area (Å²) in [5.41, 5.74) is -2.89. The average molecular weight is 431 g/mol. The summed E-state index contributed by atoms with van der Waals surface area (Å²) in [6.07, 6.45) is -0.619. The van der Waals surface area contributed by atoms with Gasteiger partial charge in [-0.2, -0.15) is 0 Å². The van der Waals surface area contributed by atoms with E-state index in [0.717, 1.165) is 12.1 Å². The summed E-state index contributed by atoms with van der Waals surface area (Å²) in [5, 5.41) is 4.95. The van der Waals surface area contributed by atoms with E-state index in [9.17, 15) is 22.4 Å². The number of benzene rings is 1. The van der Waals surface area contributed by atoms with Crippen LogP contribution in [0.2, 0.25) is 0 Å². The maximum atomic E-state index is 15.4. The Morgan fingerprint density at radius 2 is 1.79 bits per heavy atom. The van der Waals surface area contributed by atoms with Crippen LogP contribution in [0.1, 0.15) is 31.1 Å². The van der Waals surface area contributed by atoms with E-state index in [-0.39, 0.29) is 31.7 Å². The number of likely N-dealkylation sites (tertiary alicyclic amines) is 2. The molecule has 2 heterocycles. The zero-order valence-corrected chi connectivity index (χ0v) is 17.1. The molecule has 0 spiro atoms. The van der Waals surface area contributed by atoms with Crippen LogP contribution in [0.4, 0.5) is 13.6 Å². The van der Waals surface area contributed by atoms with Gasteiger partial charge in [-0.05, 0) is 39.0 Å². The molecule has 2 aliphatic rings. The number of nitrogens with zero attached hydrogens (tertiary/aromatic N) is 2. The highest BCUT2D eigenvalue weighted by Gasteiger charge is 2.56. The molecular formula is C18H23F2N3O5S. The normalized spacial score (nSPS) is 24.6. The van der Waals surface area contributed by atoms with Crippen molar-refractivity contribution in [3.05, 3.63) is 29.6 Å². The minimum atomic E-state index is -4.11. The molecule has 2 fully saturated rings. The topological polar surface area (TPSA) is 110 Å². The van der Waals surface area contributed by atoms with Crippen molar-refractivity contribution in [2.24, 2.45) is 11.1 Å². The Morgan fingerprint density at radius 3 is 2.31 bits per heavy atom. The minimum absolute atomic E-state index is 0.00497. The standard InChI is InChI=1S/C18H23F2N3O5S/c1-17(2,3)28-16(25)23-8-11-7-22(9-18(11,20)10-23)15(24)13-5-4-12(6-14(13)19)29(21,26)27/h4-6,11H,7-10H2,1-3H3,(H2,21,26,27). The summed E-state index contributed by atoms with van der Waals surface area (Å²) in [4.78, 5) is 26.8. The van der Waals surface area contributed by atoms with Crippen molar-refractivity contribution < 1.29 is 31.5 Å². The van der Waals surface area contributed by atoms with Gasteiger partial charge in [-0.25, -0.2) is 27.1 Å². The van der Waals surface area contributed by atoms with E-state index in [0.29, 0.717) is 6.07 Å². The number of primary sulfonamides is 1. The molecular weight excluding hydrogens is 408 g/mol. The first-order chi connectivity index (χ1) is 13.2. The molecule has 2 unspecified atom stereocenters. The van der Waals surface area contributed by atoms with Crippen LogP contribution in [0.5, 0.6) is 0 Å². The molecule has 2 amide bonds. The highest BCUT2D eigenvalue weighted by Crippen LogP contribution is 2.39. The SMILES string of the molecule is CC(C)(C)OC(=O)N1CC2CN(C(=O)c3ccc(S(N)(=O)=O)cc3F)CC2(F)C1. The number of ether oxygens (including phenoxy) is 1. The maximum Gasteiger partial charge on any atom is 0.410 e. The Balaban J connectivity index is 1.71. The summed E-state index contributed by atoms with van der Waals surface area (Å²) in [5.74, 6) is -2.42. The van der Waals surface area contributed by atoms with Crippen molar-refractivity contribution in [3.63, 3.8) is 0 Å². The van der Waals surface area contributed by atoms with E-state index in [1.54, 1.807) is 20.8 Å². The number of carbonyl (C=O) groups excluding carboxylic acids is 2. The number of nitrogens with two attached hydrogens (primary N) is 1. The van der Waals surface area contributed by atoms with E-state index >= 15 is 4.39 Å². The Bertz CT molecular complexity index is 963. The number of hydrogen-bond acceptors (Lipinski definition) is 5. The Hall–Kier alpha value is -2.27. The largest absolute Gasteiger partial charge is 0.444 e. The lowest BCUT2D eigenvalue weighted by Crippen LogP contribution is -2.41. The molecule has 8 nitrogen and oxygen atoms in total. The van der Waals surface area contributed by atoms with Gasteiger partial charge in [-0.3, -0.25) is 4.79 Å². The predicted octanol–water partition coefficient (Wildman–Crippen LogP) is 1.50. The maximum absolute atomic E-state index is 15.4. The molecule has 11 heteroatoms. The quantitative estimate of drug-likeness (QED) is 0.763. The Kier molecular flexibility index (Phi) is 5.11. The number of halogens is 2. The number of alkyl halides is 1. The zero-order valence-electron chi connectivity index (χ0n) is 16.3. The first-order valence-electron chi connectivity index (χ1n) is 8.98. The third-order valence-corrected chi connectivity index (χ3v) is 5.87. The molecule has 1 aromatic carbocycles. The lowest BCUT2D eigenvalue weighted by Gasteiger charge is -2.26. The summed E-state index contributed by atoms with van der Waals surface area (Å²) >= 11 is 0. The van der Waals surface area contributed by atoms with Crippen molar-refractivity contribution in [3.8, 4) is 0 Å². The van der Waals surface area contributed by atoms with Crippen LogP contribution in [0.25, 0.3) is 0 Å². The van der Waals surface area contributed by atoms with Crippen molar-refractivity contribution in [1.82, 2.24) is 9.80 Å². The number of fused-ring (bicyclic) bond motifs is 1. The van der Waals surface area contributed by atoms with E-state index in [1.165, 1.54) is 9.80 Å². The van der Waals surface area contributed by atoms with Gasteiger partial charge in [0.05, 0.1) is 23.5 Å². The molecule has 160 valence electrons. The van der Waals surface area contributed by atoms with Gasteiger partial charge in [0.1, 0.15) is 11.4 Å². The van der Waals surface area contributed by atoms with Crippen molar-refractivity contribution in [2.45, 2.75) is 36.9 Å². The second-order valence-electron chi connectivity index (χ2n) is 8.46. The number of amides is 2. The van der Waals surface area contributed by atoms with Gasteiger partial charge >= 0.3 is 6.09 Å². The fourth-order valence-electron chi connectivity index (χ4n) is 3.63. The monoisotopic (exact) mass is 431 g/mol. The van der Waals surface area contributed by atoms with Gasteiger partial charge in [0.2, 0.25) is 10.0 Å². The van der Waals surface area contributed by atoms with Crippen LogP contribution in [0.3, 0.4) is 0 Å². The van der Waals surface area contributed by atoms with Gasteiger partial charge in [0.15, 0.2) is 5.67 Å². The third-order valence-electron chi connectivity index (χ3n) is 4.96. The highest BCUT2D eigenvalue weighted by atomic mass is 32.2. The Morgan fingerprint density at radius 1 is 1.21 bits per heavy atom. The number of hydrogen-bond donors (Lipinski definition) is 1. The van der Waals surface area contributed by atoms with Crippen LogP contribution in [0, 0.1) is 11.7 Å². The lowest BCUT2D eigenvalue weighted by molar-refractivity contribution is 0.0246. The van der Waals surface area contributed by atoms with Crippen molar-refractivity contribution >= 4 is 22.0 Å². The first kappa shape index (κ1) is 21.4. The molecule has 0 bridgehead atoms. The zero-order chi connectivity index (χ0) is 21.8. The van der Waals surface area contributed by atoms with Gasteiger partial charge in [0.25, 0.3) is 5.91 Å². The molecule has 0 saturated carbocycles. The summed E-state index contributed by atoms with van der Waals surface area (Å²) in [6.45, 7) is 4.71. The highest BCUT2D eigenvalue weighted by molar-refractivity contribution is 7.89. The van der Waals surface area contributed by atoms with Crippen LogP contribution in [0.15, 0.2) is 23.1 Å². The summed E-state index contributed by atoms with van der Waals surface area (Å²) in [7, 11) is -4.11. The fraction of sp³-hybridized carbons (Fsp3) is 0.556. The molecule has 29 heavy (non-hydrogen) atoms. The van der Waals surface area contributed by atoms with Gasteiger partial charge < -0.3 is 14.5 Å². The van der Waals surface area contributed by atoms with Crippen molar-refractivity contribution in [2.75, 3.05) is 26.2 Å². The third kappa shape index (κ3) is 4.35. The van der Waals surface area contributed by atoms with Crippen LogP contribution in [-0.2, 0) is 14.8 Å². The molecule has 0 radical (unpaired) electrons. The second kappa shape index (κ2) is 6.91. The molecule has 1 aromatic rings. The minimum Gasteiger partial charge on any atom is -0.444 e. The molecule has 2 aliphatic heterocycles. The van der Waals surface area contributed by atoms with Gasteiger partial charge in [0, 0.05) is 19.0 Å². The average Bonchev–Trinajstić information content (AvgIpc) is 3.03. The molecule has 3 rings (SSSR count). The van der Waals surface area contributed by atoms with E-state index in [4.69, 9.17) is 9.88 Å². The van der Waals surface area contributed by atoms with Gasteiger partial charge in [-0.1, -0.05) is 0 Å². The molecule has 2 atom stereocenters. The summed E-state index contributed by atoms with van der Waals surface area (Å²) in [6, 6.07) is 2.70. The molecule has 0 aliphatic carbocycles. The van der Waals surface area contributed by atoms with E-state index in [2.05, 4.69) is 0 Å². The first-order valence-corrected chi connectivity index (χ1v) is 10.5. The lowest BCUT2D eigenvalue weighted by atomic mass is 9.97. The summed E-state index contributed by atoms with van der Waals surface area (Å²) < 4.78 is 57.5. The smallest absolute Gasteiger partial charge is 0.410 e.